The summed E-state index contributed by atoms with van der Waals surface area (Å²) in [5.74, 6) is 0.325. The normalized spacial score (nSPS) is 21.2. The Morgan fingerprint density at radius 1 is 1.34 bits per heavy atom. The minimum Gasteiger partial charge on any atom is -0.363 e. The van der Waals surface area contributed by atoms with Gasteiger partial charge in [-0.2, -0.15) is 0 Å². The summed E-state index contributed by atoms with van der Waals surface area (Å²) in [7, 11) is 0. The second-order valence-corrected chi connectivity index (χ2v) is 8.58. The Bertz CT molecular complexity index is 921. The molecule has 2 aliphatic rings. The van der Waals surface area contributed by atoms with Gasteiger partial charge in [-0.25, -0.2) is 4.68 Å². The molecule has 3 N–H and O–H groups in total. The molecule has 2 atom stereocenters. The minimum absolute atomic E-state index is 0.0988. The van der Waals surface area contributed by atoms with Crippen LogP contribution >= 0.6 is 23.5 Å². The number of hydrogen-bond acceptors (Lipinski definition) is 9. The Morgan fingerprint density at radius 3 is 2.83 bits per heavy atom. The first kappa shape index (κ1) is 19.9. The van der Waals surface area contributed by atoms with Crippen LogP contribution in [0.3, 0.4) is 0 Å². The van der Waals surface area contributed by atoms with Crippen molar-refractivity contribution in [3.63, 3.8) is 0 Å². The molecule has 2 amide bonds. The summed E-state index contributed by atoms with van der Waals surface area (Å²) in [6.07, 6.45) is -0.449. The highest BCUT2D eigenvalue weighted by molar-refractivity contribution is 8.01. The molecule has 29 heavy (non-hydrogen) atoms. The standard InChI is InChI=1S/C17H18N6O4S2/c24-12(6-22-9-18-20-21-22)19-13-15(25)23-14(17(26)27)10(8-29-16(13)23)7-28-11-4-2-1-3-5-11/h1-5,9,13,16-17,26-27H,6-8H2,(H,19,24)/t13-,16?/m1/s1. The molecule has 0 radical (unpaired) electrons. The lowest BCUT2D eigenvalue weighted by atomic mass is 10.0. The number of hydrogen-bond donors (Lipinski definition) is 3. The van der Waals surface area contributed by atoms with Crippen LogP contribution < -0.4 is 5.32 Å². The number of amides is 2. The molecule has 0 spiro atoms. The zero-order valence-corrected chi connectivity index (χ0v) is 16.7. The van der Waals surface area contributed by atoms with E-state index in [1.54, 1.807) is 11.8 Å². The lowest BCUT2D eigenvalue weighted by Gasteiger charge is -2.51. The van der Waals surface area contributed by atoms with Gasteiger partial charge in [0, 0.05) is 16.4 Å². The first-order chi connectivity index (χ1) is 14.0. The summed E-state index contributed by atoms with van der Waals surface area (Å²) in [6, 6.07) is 9.03. The van der Waals surface area contributed by atoms with Crippen LogP contribution in [0.5, 0.6) is 0 Å². The van der Waals surface area contributed by atoms with Gasteiger partial charge in [-0.1, -0.05) is 18.2 Å². The molecule has 0 bridgehead atoms. The van der Waals surface area contributed by atoms with Crippen LogP contribution in [0.15, 0.2) is 52.8 Å². The maximum atomic E-state index is 12.7. The fourth-order valence-corrected chi connectivity index (χ4v) is 5.62. The SMILES string of the molecule is O=C(Cn1cnnn1)N[C@@H]1C(=O)N2C(C(O)O)=C(CSc3ccccc3)CSC12. The van der Waals surface area contributed by atoms with Crippen LogP contribution in [0.2, 0.25) is 0 Å². The van der Waals surface area contributed by atoms with Gasteiger partial charge in [-0.05, 0) is 28.1 Å². The molecule has 0 aliphatic carbocycles. The third-order valence-electron chi connectivity index (χ3n) is 4.51. The molecule has 12 heteroatoms. The molecule has 1 fully saturated rings. The fourth-order valence-electron chi connectivity index (χ4n) is 3.18. The molecule has 152 valence electrons. The molecule has 1 unspecified atom stereocenters. The zero-order valence-electron chi connectivity index (χ0n) is 15.1. The van der Waals surface area contributed by atoms with Gasteiger partial charge in [-0.15, -0.1) is 28.6 Å². The second kappa shape index (κ2) is 8.53. The van der Waals surface area contributed by atoms with Gasteiger partial charge < -0.3 is 15.5 Å². The van der Waals surface area contributed by atoms with Crippen molar-refractivity contribution in [1.82, 2.24) is 30.4 Å². The van der Waals surface area contributed by atoms with Crippen molar-refractivity contribution in [1.29, 1.82) is 0 Å². The van der Waals surface area contributed by atoms with Crippen molar-refractivity contribution < 1.29 is 19.8 Å². The second-order valence-electron chi connectivity index (χ2n) is 6.43. The number of aromatic nitrogens is 4. The molecular formula is C17H18N6O4S2. The average Bonchev–Trinajstić information content (AvgIpc) is 3.23. The lowest BCUT2D eigenvalue weighted by Crippen LogP contribution is -2.71. The van der Waals surface area contributed by atoms with E-state index in [-0.39, 0.29) is 23.5 Å². The molecule has 0 saturated carbocycles. The lowest BCUT2D eigenvalue weighted by molar-refractivity contribution is -0.150. The predicted molar refractivity (Wildman–Crippen MR) is 105 cm³/mol. The van der Waals surface area contributed by atoms with Crippen molar-refractivity contribution in [3.05, 3.63) is 47.9 Å². The number of carbonyl (C=O) groups is 2. The highest BCUT2D eigenvalue weighted by Crippen LogP contribution is 2.42. The van der Waals surface area contributed by atoms with Crippen LogP contribution in [0.4, 0.5) is 0 Å². The van der Waals surface area contributed by atoms with E-state index in [1.165, 1.54) is 27.7 Å². The van der Waals surface area contributed by atoms with E-state index >= 15 is 0 Å². The van der Waals surface area contributed by atoms with Gasteiger partial charge in [-0.3, -0.25) is 14.5 Å². The number of carbonyl (C=O) groups excluding carboxylic acids is 2. The van der Waals surface area contributed by atoms with Gasteiger partial charge in [0.05, 0.1) is 5.70 Å². The Hall–Kier alpha value is -2.41. The number of aliphatic hydroxyl groups excluding tert-OH is 1. The number of β-lactam (4-membered cyclic amide) rings is 1. The first-order valence-electron chi connectivity index (χ1n) is 8.75. The molecule has 3 heterocycles. The van der Waals surface area contributed by atoms with Gasteiger partial charge in [0.2, 0.25) is 5.91 Å². The number of aliphatic hydroxyl groups is 2. The van der Waals surface area contributed by atoms with E-state index in [9.17, 15) is 19.8 Å². The third-order valence-corrected chi connectivity index (χ3v) is 6.95. The Morgan fingerprint density at radius 2 is 2.14 bits per heavy atom. The minimum atomic E-state index is -1.76. The van der Waals surface area contributed by atoms with E-state index in [2.05, 4.69) is 20.8 Å². The molecule has 1 saturated heterocycles. The highest BCUT2D eigenvalue weighted by atomic mass is 32.2. The van der Waals surface area contributed by atoms with Crippen molar-refractivity contribution in [2.45, 2.75) is 29.1 Å². The van der Waals surface area contributed by atoms with Crippen LogP contribution in [0, 0.1) is 0 Å². The summed E-state index contributed by atoms with van der Waals surface area (Å²) < 4.78 is 1.26. The van der Waals surface area contributed by atoms with Crippen LogP contribution in [-0.2, 0) is 16.1 Å². The van der Waals surface area contributed by atoms with Crippen LogP contribution in [0.25, 0.3) is 0 Å². The zero-order chi connectivity index (χ0) is 20.4. The van der Waals surface area contributed by atoms with Crippen molar-refractivity contribution in [2.24, 2.45) is 0 Å². The van der Waals surface area contributed by atoms with Crippen molar-refractivity contribution in [3.8, 4) is 0 Å². The molecular weight excluding hydrogens is 416 g/mol. The average molecular weight is 435 g/mol. The number of thioether (sulfide) groups is 2. The molecule has 4 rings (SSSR count). The Kier molecular flexibility index (Phi) is 5.85. The van der Waals surface area contributed by atoms with Crippen LogP contribution in [0.1, 0.15) is 0 Å². The number of nitrogens with zero attached hydrogens (tertiary/aromatic N) is 5. The quantitative estimate of drug-likeness (QED) is 0.298. The summed E-state index contributed by atoms with van der Waals surface area (Å²) in [6.45, 7) is -0.0988. The van der Waals surface area contributed by atoms with E-state index < -0.39 is 18.2 Å². The van der Waals surface area contributed by atoms with Gasteiger partial charge >= 0.3 is 0 Å². The molecule has 2 aromatic rings. The summed E-state index contributed by atoms with van der Waals surface area (Å²) >= 11 is 3.06. The Balaban J connectivity index is 1.43. The van der Waals surface area contributed by atoms with E-state index in [0.717, 1.165) is 10.5 Å². The van der Waals surface area contributed by atoms with Crippen molar-refractivity contribution >= 4 is 35.3 Å². The maximum Gasteiger partial charge on any atom is 0.253 e. The maximum absolute atomic E-state index is 12.7. The topological polar surface area (TPSA) is 133 Å². The number of nitrogens with one attached hydrogen (secondary N) is 1. The van der Waals surface area contributed by atoms with Gasteiger partial charge in [0.15, 0.2) is 6.29 Å². The fraction of sp³-hybridized carbons (Fsp3) is 0.353. The molecule has 1 aromatic carbocycles. The van der Waals surface area contributed by atoms with Gasteiger partial charge in [0.1, 0.15) is 24.3 Å². The smallest absolute Gasteiger partial charge is 0.253 e. The summed E-state index contributed by atoms with van der Waals surface area (Å²) in [5, 5.41) is 32.6. The summed E-state index contributed by atoms with van der Waals surface area (Å²) in [5.41, 5.74) is 1.01. The molecule has 10 nitrogen and oxygen atoms in total. The van der Waals surface area contributed by atoms with E-state index in [4.69, 9.17) is 0 Å². The molecule has 2 aliphatic heterocycles. The van der Waals surface area contributed by atoms with Crippen LogP contribution in [-0.4, -0.2) is 76.3 Å². The first-order valence-corrected chi connectivity index (χ1v) is 10.8. The monoisotopic (exact) mass is 434 g/mol. The third kappa shape index (κ3) is 4.15. The number of fused-ring (bicyclic) bond motifs is 1. The highest BCUT2D eigenvalue weighted by Gasteiger charge is 2.53. The number of rotatable bonds is 7. The van der Waals surface area contributed by atoms with Crippen molar-refractivity contribution in [2.75, 3.05) is 11.5 Å². The van der Waals surface area contributed by atoms with E-state index in [0.29, 0.717) is 11.5 Å². The largest absolute Gasteiger partial charge is 0.363 e. The number of benzene rings is 1. The Labute approximate surface area is 174 Å². The molecule has 1 aromatic heterocycles. The summed E-state index contributed by atoms with van der Waals surface area (Å²) in [4.78, 5) is 27.2. The van der Waals surface area contributed by atoms with Gasteiger partial charge in [0.25, 0.3) is 5.91 Å². The number of tetrazole rings is 1. The predicted octanol–water partition coefficient (Wildman–Crippen LogP) is -0.570. The van der Waals surface area contributed by atoms with E-state index in [1.807, 2.05) is 30.3 Å².